The quantitative estimate of drug-likeness (QED) is 0.361. The van der Waals surface area contributed by atoms with E-state index in [0.29, 0.717) is 22.9 Å². The van der Waals surface area contributed by atoms with Crippen LogP contribution in [-0.4, -0.2) is 19.3 Å². The predicted molar refractivity (Wildman–Crippen MR) is 120 cm³/mol. The molecule has 4 nitrogen and oxygen atoms in total. The minimum absolute atomic E-state index is 0.319. The molecule has 0 amide bonds. The highest BCUT2D eigenvalue weighted by atomic mass is 32.2. The average Bonchev–Trinajstić information content (AvgIpc) is 3.12. The molecule has 0 fully saturated rings. The molecule has 0 atom stereocenters. The minimum Gasteiger partial charge on any atom is -0.460 e. The number of hydrogen-bond acceptors (Lipinski definition) is 3. The van der Waals surface area contributed by atoms with Gasteiger partial charge >= 0.3 is 0 Å². The highest BCUT2D eigenvalue weighted by molar-refractivity contribution is 7.89. The van der Waals surface area contributed by atoms with E-state index in [-0.39, 0.29) is 0 Å². The van der Waals surface area contributed by atoms with Gasteiger partial charge in [-0.05, 0) is 57.4 Å². The van der Waals surface area contributed by atoms with Crippen LogP contribution in [0.1, 0.15) is 75.9 Å². The fourth-order valence-electron chi connectivity index (χ4n) is 3.22. The van der Waals surface area contributed by atoms with Crippen molar-refractivity contribution in [2.24, 2.45) is 0 Å². The van der Waals surface area contributed by atoms with Crippen LogP contribution >= 0.6 is 0 Å². The molecular weight excluding hydrogens is 382 g/mol. The highest BCUT2D eigenvalue weighted by Gasteiger charge is 2.28. The molecule has 1 aromatic heterocycles. The molecule has 2 aromatic rings. The number of sulfonamides is 1. The first-order valence-corrected chi connectivity index (χ1v) is 12.2. The molecule has 1 heterocycles. The van der Waals surface area contributed by atoms with E-state index in [9.17, 15) is 8.42 Å². The first-order chi connectivity index (χ1) is 13.9. The third kappa shape index (κ3) is 6.49. The van der Waals surface area contributed by atoms with Gasteiger partial charge < -0.3 is 4.42 Å². The number of benzene rings is 1. The van der Waals surface area contributed by atoms with Crippen LogP contribution < -0.4 is 0 Å². The van der Waals surface area contributed by atoms with Crippen molar-refractivity contribution in [3.63, 3.8) is 0 Å². The van der Waals surface area contributed by atoms with Gasteiger partial charge in [-0.2, -0.15) is 0 Å². The molecule has 29 heavy (non-hydrogen) atoms. The summed E-state index contributed by atoms with van der Waals surface area (Å²) >= 11 is 0. The predicted octanol–water partition coefficient (Wildman–Crippen LogP) is 6.70. The van der Waals surface area contributed by atoms with Gasteiger partial charge in [0.05, 0.1) is 10.6 Å². The molecule has 1 aromatic carbocycles. The maximum absolute atomic E-state index is 13.5. The Labute approximate surface area is 176 Å². The molecule has 0 N–H and O–H groups in total. The zero-order chi connectivity index (χ0) is 21.3. The van der Waals surface area contributed by atoms with Crippen LogP contribution in [0.2, 0.25) is 0 Å². The summed E-state index contributed by atoms with van der Waals surface area (Å²) in [5.74, 6) is 1.39. The first-order valence-electron chi connectivity index (χ1n) is 10.8. The maximum atomic E-state index is 13.5. The van der Waals surface area contributed by atoms with Crippen LogP contribution in [0.5, 0.6) is 0 Å². The number of rotatable bonds is 12. The summed E-state index contributed by atoms with van der Waals surface area (Å²) in [5.41, 5.74) is 1.70. The second kappa shape index (κ2) is 11.2. The fourth-order valence-corrected chi connectivity index (χ4v) is 4.74. The van der Waals surface area contributed by atoms with Crippen molar-refractivity contribution in [3.8, 4) is 0 Å². The van der Waals surface area contributed by atoms with Gasteiger partial charge in [0.2, 0.25) is 0 Å². The van der Waals surface area contributed by atoms with E-state index >= 15 is 0 Å². The van der Waals surface area contributed by atoms with Crippen molar-refractivity contribution in [2.45, 2.75) is 77.5 Å². The fraction of sp³-hybridized carbons (Fsp3) is 0.500. The van der Waals surface area contributed by atoms with Gasteiger partial charge in [0.15, 0.2) is 5.76 Å². The summed E-state index contributed by atoms with van der Waals surface area (Å²) in [4.78, 5) is 0.319. The molecular formula is C24H35NO3S. The Hall–Kier alpha value is -2.01. The third-order valence-corrected chi connectivity index (χ3v) is 6.81. The first kappa shape index (κ1) is 23.3. The second-order valence-electron chi connectivity index (χ2n) is 7.59. The molecule has 0 aliphatic carbocycles. The Balaban J connectivity index is 2.43. The van der Waals surface area contributed by atoms with Crippen molar-refractivity contribution in [1.29, 1.82) is 0 Å². The van der Waals surface area contributed by atoms with Crippen LogP contribution in [-0.2, 0) is 10.0 Å². The van der Waals surface area contributed by atoms with Gasteiger partial charge in [-0.15, -0.1) is 0 Å². The Morgan fingerprint density at radius 2 is 1.62 bits per heavy atom. The molecule has 0 aliphatic rings. The van der Waals surface area contributed by atoms with Crippen molar-refractivity contribution >= 4 is 15.7 Å². The molecule has 0 saturated heterocycles. The summed E-state index contributed by atoms with van der Waals surface area (Å²) in [6.07, 6.45) is 9.15. The number of unbranched alkanes of at least 4 members (excludes halogenated alkanes) is 5. The van der Waals surface area contributed by atoms with Gasteiger partial charge in [0, 0.05) is 6.54 Å². The number of hydrogen-bond donors (Lipinski definition) is 0. The maximum Gasteiger partial charge on any atom is 0.264 e. The van der Waals surface area contributed by atoms with E-state index in [1.54, 1.807) is 16.4 Å². The van der Waals surface area contributed by atoms with Gasteiger partial charge in [-0.3, -0.25) is 4.31 Å². The van der Waals surface area contributed by atoms with Crippen LogP contribution in [0.4, 0.5) is 0 Å². The van der Waals surface area contributed by atoms with E-state index in [0.717, 1.165) is 43.4 Å². The average molecular weight is 418 g/mol. The lowest BCUT2D eigenvalue weighted by molar-refractivity contribution is 0.467. The van der Waals surface area contributed by atoms with E-state index in [2.05, 4.69) is 13.8 Å². The minimum atomic E-state index is -3.67. The van der Waals surface area contributed by atoms with E-state index in [4.69, 9.17) is 4.42 Å². The standard InChI is InChI=1S/C24H35NO3S/c1-5-7-9-10-11-12-23(24-18-15-21(4)28-24)25(19-8-6-2)29(26,27)22-16-13-20(3)14-17-22/h12-18H,5-11,19H2,1-4H3/b23-12-. The number of furan rings is 1. The van der Waals surface area contributed by atoms with E-state index < -0.39 is 10.0 Å². The lowest BCUT2D eigenvalue weighted by Gasteiger charge is -2.26. The number of aryl methyl sites for hydroxylation is 2. The Kier molecular flexibility index (Phi) is 9.02. The second-order valence-corrected chi connectivity index (χ2v) is 9.46. The summed E-state index contributed by atoms with van der Waals surface area (Å²) in [6, 6.07) is 10.8. The van der Waals surface area contributed by atoms with Gasteiger partial charge in [0.25, 0.3) is 10.0 Å². The lowest BCUT2D eigenvalue weighted by atomic mass is 10.1. The zero-order valence-electron chi connectivity index (χ0n) is 18.3. The SMILES string of the molecule is CCCCCC/C=C(/c1ccc(C)o1)N(CCCC)S(=O)(=O)c1ccc(C)cc1. The van der Waals surface area contributed by atoms with Crippen molar-refractivity contribution in [2.75, 3.05) is 6.54 Å². The summed E-state index contributed by atoms with van der Waals surface area (Å²) in [7, 11) is -3.67. The normalized spacial score (nSPS) is 12.3. The molecule has 0 radical (unpaired) electrons. The smallest absolute Gasteiger partial charge is 0.264 e. The molecule has 160 valence electrons. The highest BCUT2D eigenvalue weighted by Crippen LogP contribution is 2.30. The van der Waals surface area contributed by atoms with Crippen molar-refractivity contribution in [3.05, 3.63) is 59.6 Å². The third-order valence-electron chi connectivity index (χ3n) is 4.98. The van der Waals surface area contributed by atoms with Crippen LogP contribution in [0.15, 0.2) is 51.8 Å². The van der Waals surface area contributed by atoms with Gasteiger partial charge in [-0.25, -0.2) is 8.42 Å². The topological polar surface area (TPSA) is 50.5 Å². The molecule has 5 heteroatoms. The molecule has 0 bridgehead atoms. The zero-order valence-corrected chi connectivity index (χ0v) is 19.1. The molecule has 2 rings (SSSR count). The van der Waals surface area contributed by atoms with Crippen molar-refractivity contribution < 1.29 is 12.8 Å². The monoisotopic (exact) mass is 417 g/mol. The van der Waals surface area contributed by atoms with Crippen LogP contribution in [0.25, 0.3) is 5.70 Å². The molecule has 0 spiro atoms. The van der Waals surface area contributed by atoms with Crippen molar-refractivity contribution in [1.82, 2.24) is 4.31 Å². The van der Waals surface area contributed by atoms with Gasteiger partial charge in [-0.1, -0.05) is 63.3 Å². The Morgan fingerprint density at radius 3 is 2.21 bits per heavy atom. The molecule has 0 aliphatic heterocycles. The Morgan fingerprint density at radius 1 is 0.931 bits per heavy atom. The van der Waals surface area contributed by atoms with Crippen LogP contribution in [0, 0.1) is 13.8 Å². The molecule has 0 unspecified atom stereocenters. The lowest BCUT2D eigenvalue weighted by Crippen LogP contribution is -2.30. The molecule has 0 saturated carbocycles. The van der Waals surface area contributed by atoms with E-state index in [1.165, 1.54) is 12.8 Å². The number of allylic oxidation sites excluding steroid dienone is 1. The summed E-state index contributed by atoms with van der Waals surface area (Å²) < 4.78 is 34.5. The van der Waals surface area contributed by atoms with E-state index in [1.807, 2.05) is 44.2 Å². The summed E-state index contributed by atoms with van der Waals surface area (Å²) in [5, 5.41) is 0. The summed E-state index contributed by atoms with van der Waals surface area (Å²) in [6.45, 7) is 8.54. The number of nitrogens with zero attached hydrogens (tertiary/aromatic N) is 1. The van der Waals surface area contributed by atoms with Gasteiger partial charge in [0.1, 0.15) is 5.76 Å². The largest absolute Gasteiger partial charge is 0.460 e. The Bertz CT molecular complexity index is 879. The van der Waals surface area contributed by atoms with Crippen LogP contribution in [0.3, 0.4) is 0 Å².